The zero-order valence-corrected chi connectivity index (χ0v) is 15.4. The van der Waals surface area contributed by atoms with Crippen LogP contribution in [0.4, 0.5) is 5.69 Å². The molecule has 142 valence electrons. The van der Waals surface area contributed by atoms with E-state index in [1.54, 1.807) is 0 Å². The fraction of sp³-hybridized carbons (Fsp3) is 0.350. The van der Waals surface area contributed by atoms with Crippen molar-refractivity contribution in [3.05, 3.63) is 59.4 Å². The summed E-state index contributed by atoms with van der Waals surface area (Å²) in [6, 6.07) is 10.6. The topological polar surface area (TPSA) is 85.8 Å². The van der Waals surface area contributed by atoms with E-state index in [4.69, 9.17) is 5.11 Å². The molecule has 2 N–H and O–H groups in total. The summed E-state index contributed by atoms with van der Waals surface area (Å²) in [7, 11) is 0. The molecule has 7 heteroatoms. The third-order valence-corrected chi connectivity index (χ3v) is 4.77. The molecule has 1 fully saturated rings. The molecule has 1 aliphatic rings. The predicted octanol–water partition coefficient (Wildman–Crippen LogP) is 2.17. The van der Waals surface area contributed by atoms with Crippen molar-refractivity contribution in [2.45, 2.75) is 13.5 Å². The molecule has 0 aliphatic carbocycles. The van der Waals surface area contributed by atoms with Gasteiger partial charge in [-0.3, -0.25) is 9.69 Å². The zero-order valence-electron chi connectivity index (χ0n) is 15.4. The molecule has 2 aromatic rings. The highest BCUT2D eigenvalue weighted by Gasteiger charge is 2.15. The molecule has 1 aliphatic heterocycles. The van der Waals surface area contributed by atoms with Gasteiger partial charge in [0.2, 0.25) is 0 Å². The number of carbonyl (C=O) groups is 2. The largest absolute Gasteiger partial charge is 0.477 e. The lowest BCUT2D eigenvalue weighted by Gasteiger charge is -2.34. The van der Waals surface area contributed by atoms with Gasteiger partial charge in [0.05, 0.1) is 5.56 Å². The lowest BCUT2D eigenvalue weighted by atomic mass is 10.1. The molecule has 7 nitrogen and oxygen atoms in total. The molecule has 0 spiro atoms. The number of pyridine rings is 1. The first-order chi connectivity index (χ1) is 13.0. The van der Waals surface area contributed by atoms with Crippen molar-refractivity contribution in [3.8, 4) is 0 Å². The van der Waals surface area contributed by atoms with E-state index in [1.807, 2.05) is 24.3 Å². The average Bonchev–Trinajstić information content (AvgIpc) is 2.70. The first-order valence-electron chi connectivity index (χ1n) is 9.09. The quantitative estimate of drug-likeness (QED) is 0.813. The van der Waals surface area contributed by atoms with Crippen LogP contribution in [0.25, 0.3) is 0 Å². The minimum absolute atomic E-state index is 0.0873. The second kappa shape index (κ2) is 8.75. The van der Waals surface area contributed by atoms with Crippen LogP contribution in [0.5, 0.6) is 0 Å². The van der Waals surface area contributed by atoms with Gasteiger partial charge >= 0.3 is 5.97 Å². The number of nitrogens with zero attached hydrogens (tertiary/aromatic N) is 3. The molecule has 0 saturated carbocycles. The molecular formula is C20H24N4O3. The summed E-state index contributed by atoms with van der Waals surface area (Å²) in [6.45, 7) is 8.58. The van der Waals surface area contributed by atoms with Crippen molar-refractivity contribution in [2.75, 3.05) is 38.0 Å². The predicted molar refractivity (Wildman–Crippen MR) is 103 cm³/mol. The summed E-state index contributed by atoms with van der Waals surface area (Å²) in [6.07, 6.45) is 1.27. The molecular weight excluding hydrogens is 344 g/mol. The van der Waals surface area contributed by atoms with E-state index in [2.05, 4.69) is 27.0 Å². The van der Waals surface area contributed by atoms with Crippen molar-refractivity contribution < 1.29 is 14.7 Å². The maximum Gasteiger partial charge on any atom is 0.354 e. The van der Waals surface area contributed by atoms with Crippen LogP contribution in [0.15, 0.2) is 42.6 Å². The van der Waals surface area contributed by atoms with Crippen molar-refractivity contribution in [2.24, 2.45) is 0 Å². The number of hydrogen-bond acceptors (Lipinski definition) is 5. The van der Waals surface area contributed by atoms with Crippen LogP contribution in [0.2, 0.25) is 0 Å². The number of likely N-dealkylation sites (N-methyl/N-ethyl adjacent to an activating group) is 1. The van der Waals surface area contributed by atoms with Gasteiger partial charge in [0.1, 0.15) is 5.69 Å². The first-order valence-corrected chi connectivity index (χ1v) is 9.09. The molecule has 1 amide bonds. The Kier molecular flexibility index (Phi) is 6.16. The van der Waals surface area contributed by atoms with Gasteiger partial charge in [0.25, 0.3) is 5.91 Å². The standard InChI is InChI=1S/C20H24N4O3/c1-2-23-9-11-24(12-10-23)14-15-3-6-17(7-4-15)22-19(25)16-5-8-18(20(26)27)21-13-16/h3-8,13H,2,9-12,14H2,1H3,(H,22,25)(H,26,27). The number of aromatic carboxylic acids is 1. The van der Waals surface area contributed by atoms with Gasteiger partial charge in [-0.25, -0.2) is 9.78 Å². The second-order valence-corrected chi connectivity index (χ2v) is 6.60. The van der Waals surface area contributed by atoms with Crippen LogP contribution in [0.3, 0.4) is 0 Å². The van der Waals surface area contributed by atoms with Gasteiger partial charge in [-0.1, -0.05) is 19.1 Å². The lowest BCUT2D eigenvalue weighted by molar-refractivity contribution is 0.0690. The highest BCUT2D eigenvalue weighted by molar-refractivity contribution is 6.04. The van der Waals surface area contributed by atoms with E-state index in [0.29, 0.717) is 11.3 Å². The Bertz CT molecular complexity index is 782. The molecule has 1 aromatic heterocycles. The number of aromatic nitrogens is 1. The van der Waals surface area contributed by atoms with Gasteiger partial charge in [-0.15, -0.1) is 0 Å². The van der Waals surface area contributed by atoms with Crippen LogP contribution in [-0.2, 0) is 6.54 Å². The Morgan fingerprint density at radius 2 is 1.70 bits per heavy atom. The number of nitrogens with one attached hydrogen (secondary N) is 1. The molecule has 0 unspecified atom stereocenters. The molecule has 0 atom stereocenters. The number of piperazine rings is 1. The summed E-state index contributed by atoms with van der Waals surface area (Å²) in [4.78, 5) is 31.7. The van der Waals surface area contributed by atoms with Gasteiger partial charge in [0.15, 0.2) is 0 Å². The molecule has 27 heavy (non-hydrogen) atoms. The third-order valence-electron chi connectivity index (χ3n) is 4.77. The summed E-state index contributed by atoms with van der Waals surface area (Å²) in [5.74, 6) is -1.43. The van der Waals surface area contributed by atoms with E-state index in [1.165, 1.54) is 23.9 Å². The first kappa shape index (κ1) is 19.0. The van der Waals surface area contributed by atoms with Crippen LogP contribution in [0.1, 0.15) is 33.3 Å². The van der Waals surface area contributed by atoms with Crippen LogP contribution < -0.4 is 5.32 Å². The number of rotatable bonds is 6. The maximum atomic E-state index is 12.2. The Morgan fingerprint density at radius 1 is 1.04 bits per heavy atom. The number of carbonyl (C=O) groups excluding carboxylic acids is 1. The van der Waals surface area contributed by atoms with E-state index in [-0.39, 0.29) is 11.6 Å². The Balaban J connectivity index is 1.54. The van der Waals surface area contributed by atoms with Crippen LogP contribution in [0, 0.1) is 0 Å². The molecule has 2 heterocycles. The van der Waals surface area contributed by atoms with E-state index in [9.17, 15) is 9.59 Å². The van der Waals surface area contributed by atoms with Crippen molar-refractivity contribution in [1.82, 2.24) is 14.8 Å². The second-order valence-electron chi connectivity index (χ2n) is 6.60. The van der Waals surface area contributed by atoms with Crippen LogP contribution >= 0.6 is 0 Å². The van der Waals surface area contributed by atoms with Crippen molar-refractivity contribution >= 4 is 17.6 Å². The summed E-state index contributed by atoms with van der Waals surface area (Å²) < 4.78 is 0. The van der Waals surface area contributed by atoms with Gasteiger partial charge in [0, 0.05) is 44.6 Å². The van der Waals surface area contributed by atoms with Gasteiger partial charge in [-0.05, 0) is 36.4 Å². The number of hydrogen-bond donors (Lipinski definition) is 2. The minimum atomic E-state index is -1.12. The van der Waals surface area contributed by atoms with Crippen LogP contribution in [-0.4, -0.2) is 64.5 Å². The number of amides is 1. The average molecular weight is 368 g/mol. The number of benzene rings is 1. The number of carboxylic acids is 1. The summed E-state index contributed by atoms with van der Waals surface area (Å²) in [5.41, 5.74) is 2.14. The normalized spacial score (nSPS) is 15.4. The number of carboxylic acid groups (broad SMARTS) is 1. The molecule has 1 aromatic carbocycles. The van der Waals surface area contributed by atoms with Gasteiger partial charge in [-0.2, -0.15) is 0 Å². The molecule has 0 radical (unpaired) electrons. The minimum Gasteiger partial charge on any atom is -0.477 e. The third kappa shape index (κ3) is 5.12. The molecule has 0 bridgehead atoms. The fourth-order valence-electron chi connectivity index (χ4n) is 3.07. The Hall–Kier alpha value is -2.77. The maximum absolute atomic E-state index is 12.2. The van der Waals surface area contributed by atoms with Gasteiger partial charge < -0.3 is 15.3 Å². The monoisotopic (exact) mass is 368 g/mol. The summed E-state index contributed by atoms with van der Waals surface area (Å²) >= 11 is 0. The Labute approximate surface area is 158 Å². The van der Waals surface area contributed by atoms with E-state index < -0.39 is 5.97 Å². The zero-order chi connectivity index (χ0) is 19.2. The van der Waals surface area contributed by atoms with Crippen molar-refractivity contribution in [1.29, 1.82) is 0 Å². The lowest BCUT2D eigenvalue weighted by Crippen LogP contribution is -2.45. The molecule has 1 saturated heterocycles. The van der Waals surface area contributed by atoms with E-state index >= 15 is 0 Å². The van der Waals surface area contributed by atoms with Crippen molar-refractivity contribution in [3.63, 3.8) is 0 Å². The highest BCUT2D eigenvalue weighted by Crippen LogP contribution is 2.14. The smallest absolute Gasteiger partial charge is 0.354 e. The fourth-order valence-corrected chi connectivity index (χ4v) is 3.07. The SMILES string of the molecule is CCN1CCN(Cc2ccc(NC(=O)c3ccc(C(=O)O)nc3)cc2)CC1. The highest BCUT2D eigenvalue weighted by atomic mass is 16.4. The molecule has 3 rings (SSSR count). The number of anilines is 1. The Morgan fingerprint density at radius 3 is 2.26 bits per heavy atom. The summed E-state index contributed by atoms with van der Waals surface area (Å²) in [5, 5.41) is 11.7. The van der Waals surface area contributed by atoms with E-state index in [0.717, 1.165) is 39.3 Å².